The second kappa shape index (κ2) is 8.52. The van der Waals surface area contributed by atoms with Crippen LogP contribution in [0.1, 0.15) is 26.2 Å². The number of hydrogen-bond acceptors (Lipinski definition) is 1. The van der Waals surface area contributed by atoms with Crippen molar-refractivity contribution in [2.45, 2.75) is 26.2 Å². The lowest BCUT2D eigenvalue weighted by molar-refractivity contribution is 0.269. The third-order valence-electron chi connectivity index (χ3n) is 4.43. The van der Waals surface area contributed by atoms with Crippen molar-refractivity contribution >= 4 is 44.1 Å². The van der Waals surface area contributed by atoms with Crippen molar-refractivity contribution in [3.63, 3.8) is 0 Å². The lowest BCUT2D eigenvalue weighted by atomic mass is 10.0. The Balaban J connectivity index is 1.87. The molecule has 0 heterocycles. The Bertz CT molecular complexity index is 838. The summed E-state index contributed by atoms with van der Waals surface area (Å²) in [6.07, 6.45) is 5.92. The SMILES string of the molecule is CCCCC(C=CI)COc1cccc2cc3ccccc3cc12. The van der Waals surface area contributed by atoms with Gasteiger partial charge in [0.15, 0.2) is 0 Å². The fraction of sp³-hybridized carbons (Fsp3) is 0.273. The molecule has 0 bridgehead atoms. The number of ether oxygens (including phenoxy) is 1. The number of hydrogen-bond donors (Lipinski definition) is 0. The molecule has 0 spiro atoms. The molecule has 1 atom stereocenters. The highest BCUT2D eigenvalue weighted by atomic mass is 127. The van der Waals surface area contributed by atoms with Crippen LogP contribution in [0.3, 0.4) is 0 Å². The molecule has 0 aromatic heterocycles. The van der Waals surface area contributed by atoms with Crippen molar-refractivity contribution in [3.8, 4) is 5.75 Å². The number of halogens is 1. The Labute approximate surface area is 157 Å². The van der Waals surface area contributed by atoms with E-state index in [1.165, 1.54) is 40.8 Å². The molecule has 0 aliphatic heterocycles. The van der Waals surface area contributed by atoms with Crippen molar-refractivity contribution < 1.29 is 4.74 Å². The van der Waals surface area contributed by atoms with Gasteiger partial charge in [0.1, 0.15) is 5.75 Å². The molecule has 124 valence electrons. The van der Waals surface area contributed by atoms with E-state index in [4.69, 9.17) is 4.74 Å². The lowest BCUT2D eigenvalue weighted by Crippen LogP contribution is -2.10. The van der Waals surface area contributed by atoms with Gasteiger partial charge in [0.05, 0.1) is 6.61 Å². The molecule has 3 aromatic carbocycles. The van der Waals surface area contributed by atoms with Crippen LogP contribution in [0.2, 0.25) is 0 Å². The largest absolute Gasteiger partial charge is 0.492 e. The fourth-order valence-corrected chi connectivity index (χ4v) is 3.65. The minimum Gasteiger partial charge on any atom is -0.492 e. The van der Waals surface area contributed by atoms with Gasteiger partial charge in [-0.2, -0.15) is 0 Å². The molecule has 2 heteroatoms. The van der Waals surface area contributed by atoms with Gasteiger partial charge in [-0.1, -0.05) is 84.8 Å². The molecule has 24 heavy (non-hydrogen) atoms. The topological polar surface area (TPSA) is 9.23 Å². The normalized spacial score (nSPS) is 12.9. The molecule has 0 saturated heterocycles. The van der Waals surface area contributed by atoms with Crippen LogP contribution in [0.25, 0.3) is 21.5 Å². The van der Waals surface area contributed by atoms with Gasteiger partial charge >= 0.3 is 0 Å². The summed E-state index contributed by atoms with van der Waals surface area (Å²) >= 11 is 2.30. The van der Waals surface area contributed by atoms with Crippen LogP contribution in [-0.4, -0.2) is 6.61 Å². The van der Waals surface area contributed by atoms with E-state index in [0.29, 0.717) is 5.92 Å². The molecule has 0 saturated carbocycles. The van der Waals surface area contributed by atoms with Crippen molar-refractivity contribution in [1.82, 2.24) is 0 Å². The molecule has 0 N–H and O–H groups in total. The van der Waals surface area contributed by atoms with Crippen LogP contribution < -0.4 is 4.74 Å². The molecule has 1 unspecified atom stereocenters. The molecule has 0 aliphatic carbocycles. The van der Waals surface area contributed by atoms with Crippen LogP contribution >= 0.6 is 22.6 Å². The Morgan fingerprint density at radius 1 is 1.00 bits per heavy atom. The van der Waals surface area contributed by atoms with Gasteiger partial charge in [-0.05, 0) is 44.9 Å². The van der Waals surface area contributed by atoms with Crippen LogP contribution in [-0.2, 0) is 0 Å². The smallest absolute Gasteiger partial charge is 0.127 e. The zero-order valence-corrected chi connectivity index (χ0v) is 16.2. The van der Waals surface area contributed by atoms with E-state index in [2.05, 4.69) is 94.3 Å². The van der Waals surface area contributed by atoms with E-state index in [0.717, 1.165) is 12.4 Å². The standard InChI is InChI=1S/C22H23IO/c1-2-3-7-17(12-13-23)16-24-22-11-6-10-20-14-18-8-4-5-9-19(18)15-21(20)22/h4-6,8-15,17H,2-3,7,16H2,1H3. The molecule has 0 fully saturated rings. The van der Waals surface area contributed by atoms with Crippen LogP contribution in [0.4, 0.5) is 0 Å². The third kappa shape index (κ3) is 4.10. The minimum atomic E-state index is 0.484. The predicted octanol–water partition coefficient (Wildman–Crippen LogP) is 7.13. The molecule has 3 rings (SSSR count). The van der Waals surface area contributed by atoms with E-state index in [-0.39, 0.29) is 0 Å². The van der Waals surface area contributed by atoms with Crippen LogP contribution in [0.15, 0.2) is 64.8 Å². The number of fused-ring (bicyclic) bond motifs is 2. The minimum absolute atomic E-state index is 0.484. The molecule has 0 radical (unpaired) electrons. The van der Waals surface area contributed by atoms with Crippen molar-refractivity contribution in [2.75, 3.05) is 6.61 Å². The van der Waals surface area contributed by atoms with Gasteiger partial charge in [-0.3, -0.25) is 0 Å². The molecule has 0 aliphatic rings. The van der Waals surface area contributed by atoms with Gasteiger partial charge in [0, 0.05) is 11.3 Å². The summed E-state index contributed by atoms with van der Waals surface area (Å²) in [6.45, 7) is 2.98. The Morgan fingerprint density at radius 2 is 1.75 bits per heavy atom. The quantitative estimate of drug-likeness (QED) is 0.286. The maximum atomic E-state index is 6.23. The first-order chi connectivity index (χ1) is 11.8. The second-order valence-corrected chi connectivity index (χ2v) is 6.93. The first-order valence-corrected chi connectivity index (χ1v) is 9.87. The van der Waals surface area contributed by atoms with Gasteiger partial charge in [0.25, 0.3) is 0 Å². The summed E-state index contributed by atoms with van der Waals surface area (Å²) in [5, 5.41) is 4.97. The van der Waals surface area contributed by atoms with Gasteiger partial charge < -0.3 is 4.74 Å². The summed E-state index contributed by atoms with van der Waals surface area (Å²) in [5.74, 6) is 1.47. The summed E-state index contributed by atoms with van der Waals surface area (Å²) in [6, 6.07) is 19.3. The fourth-order valence-electron chi connectivity index (χ4n) is 3.07. The number of unbranched alkanes of at least 4 members (excludes halogenated alkanes) is 1. The van der Waals surface area contributed by atoms with Crippen molar-refractivity contribution in [2.24, 2.45) is 5.92 Å². The number of rotatable bonds is 7. The Hall–Kier alpha value is -1.55. The van der Waals surface area contributed by atoms with Crippen molar-refractivity contribution in [3.05, 3.63) is 64.8 Å². The zero-order valence-electron chi connectivity index (χ0n) is 14.0. The Morgan fingerprint density at radius 3 is 2.50 bits per heavy atom. The maximum Gasteiger partial charge on any atom is 0.127 e. The molecule has 0 amide bonds. The third-order valence-corrected chi connectivity index (χ3v) is 4.85. The van der Waals surface area contributed by atoms with E-state index in [9.17, 15) is 0 Å². The highest BCUT2D eigenvalue weighted by Crippen LogP contribution is 2.30. The monoisotopic (exact) mass is 430 g/mol. The van der Waals surface area contributed by atoms with E-state index in [1.54, 1.807) is 0 Å². The summed E-state index contributed by atoms with van der Waals surface area (Å²) in [7, 11) is 0. The first-order valence-electron chi connectivity index (χ1n) is 8.63. The van der Waals surface area contributed by atoms with Gasteiger partial charge in [0.2, 0.25) is 0 Å². The second-order valence-electron chi connectivity index (χ2n) is 6.21. The number of benzene rings is 3. The Kier molecular flexibility index (Phi) is 6.13. The first kappa shape index (κ1) is 17.3. The molecule has 3 aromatic rings. The van der Waals surface area contributed by atoms with Gasteiger partial charge in [-0.15, -0.1) is 0 Å². The maximum absolute atomic E-state index is 6.23. The average molecular weight is 430 g/mol. The summed E-state index contributed by atoms with van der Waals surface area (Å²) in [5.41, 5.74) is 0. The summed E-state index contributed by atoms with van der Waals surface area (Å²) < 4.78 is 8.33. The lowest BCUT2D eigenvalue weighted by Gasteiger charge is -2.15. The molecule has 1 nitrogen and oxygen atoms in total. The molecular formula is C22H23IO. The van der Waals surface area contributed by atoms with E-state index < -0.39 is 0 Å². The summed E-state index contributed by atoms with van der Waals surface area (Å²) in [4.78, 5) is 0. The van der Waals surface area contributed by atoms with Crippen molar-refractivity contribution in [1.29, 1.82) is 0 Å². The van der Waals surface area contributed by atoms with Crippen LogP contribution in [0.5, 0.6) is 5.75 Å². The zero-order chi connectivity index (χ0) is 16.8. The highest BCUT2D eigenvalue weighted by molar-refractivity contribution is 14.1. The molecular weight excluding hydrogens is 407 g/mol. The van der Waals surface area contributed by atoms with E-state index in [1.807, 2.05) is 0 Å². The average Bonchev–Trinajstić information content (AvgIpc) is 2.62. The highest BCUT2D eigenvalue weighted by Gasteiger charge is 2.08. The van der Waals surface area contributed by atoms with Gasteiger partial charge in [-0.25, -0.2) is 0 Å². The van der Waals surface area contributed by atoms with Crippen LogP contribution in [0, 0.1) is 5.92 Å². The predicted molar refractivity (Wildman–Crippen MR) is 113 cm³/mol. The van der Waals surface area contributed by atoms with E-state index >= 15 is 0 Å².